The van der Waals surface area contributed by atoms with Crippen LogP contribution in [0.1, 0.15) is 17.0 Å². The Labute approximate surface area is 172 Å². The van der Waals surface area contributed by atoms with Crippen molar-refractivity contribution in [3.8, 4) is 0 Å². The number of rotatable bonds is 4. The van der Waals surface area contributed by atoms with Crippen molar-refractivity contribution in [3.05, 3.63) is 76.1 Å². The smallest absolute Gasteiger partial charge is 0.200 e. The molecule has 0 aliphatic carbocycles. The standard InChI is InChI=1S/C19H14F6N4S/c1-8-18(27-19(30)26-11-5-3-10(20)4-6-11)9(2)29(28-8)7-12-13(21)15(23)17(25)16(24)14(12)22/h3-6H,7H2,1-2H3,(H2,26,27,30). The third-order valence-electron chi connectivity index (χ3n) is 4.33. The van der Waals surface area contributed by atoms with Gasteiger partial charge in [-0.15, -0.1) is 0 Å². The molecule has 0 bridgehead atoms. The molecule has 3 rings (SSSR count). The van der Waals surface area contributed by atoms with Crippen LogP contribution in [0.3, 0.4) is 0 Å². The molecule has 2 N–H and O–H groups in total. The van der Waals surface area contributed by atoms with Gasteiger partial charge in [0.1, 0.15) is 5.82 Å². The zero-order chi connectivity index (χ0) is 22.2. The van der Waals surface area contributed by atoms with E-state index in [9.17, 15) is 26.3 Å². The Hall–Kier alpha value is -3.08. The van der Waals surface area contributed by atoms with Crippen molar-refractivity contribution in [2.45, 2.75) is 20.4 Å². The number of aryl methyl sites for hydroxylation is 1. The van der Waals surface area contributed by atoms with Gasteiger partial charge in [0.15, 0.2) is 28.4 Å². The third kappa shape index (κ3) is 4.11. The number of benzene rings is 2. The van der Waals surface area contributed by atoms with Gasteiger partial charge in [-0.25, -0.2) is 26.3 Å². The lowest BCUT2D eigenvalue weighted by Crippen LogP contribution is -2.20. The van der Waals surface area contributed by atoms with E-state index in [0.717, 1.165) is 4.68 Å². The van der Waals surface area contributed by atoms with E-state index in [2.05, 4.69) is 15.7 Å². The minimum atomic E-state index is -2.22. The maximum Gasteiger partial charge on any atom is 0.200 e. The molecule has 0 fully saturated rings. The summed E-state index contributed by atoms with van der Waals surface area (Å²) in [5, 5.41) is 9.90. The summed E-state index contributed by atoms with van der Waals surface area (Å²) in [6, 6.07) is 5.41. The second-order valence-electron chi connectivity index (χ2n) is 6.34. The van der Waals surface area contributed by atoms with Gasteiger partial charge in [0.25, 0.3) is 0 Å². The van der Waals surface area contributed by atoms with Gasteiger partial charge in [0, 0.05) is 5.69 Å². The predicted molar refractivity (Wildman–Crippen MR) is 103 cm³/mol. The van der Waals surface area contributed by atoms with Gasteiger partial charge in [-0.2, -0.15) is 5.10 Å². The second kappa shape index (κ2) is 8.34. The number of aromatic nitrogens is 2. The van der Waals surface area contributed by atoms with Crippen molar-refractivity contribution in [2.24, 2.45) is 0 Å². The summed E-state index contributed by atoms with van der Waals surface area (Å²) in [6.07, 6.45) is 0. The molecule has 0 aliphatic heterocycles. The molecule has 0 atom stereocenters. The van der Waals surface area contributed by atoms with E-state index in [1.54, 1.807) is 6.92 Å². The lowest BCUT2D eigenvalue weighted by molar-refractivity contribution is 0.366. The Kier molecular flexibility index (Phi) is 6.01. The zero-order valence-electron chi connectivity index (χ0n) is 15.6. The number of halogens is 6. The molecule has 0 saturated heterocycles. The maximum absolute atomic E-state index is 14.0. The first-order valence-corrected chi connectivity index (χ1v) is 8.88. The Morgan fingerprint density at radius 3 is 1.97 bits per heavy atom. The highest BCUT2D eigenvalue weighted by molar-refractivity contribution is 7.80. The molecule has 30 heavy (non-hydrogen) atoms. The minimum Gasteiger partial charge on any atom is -0.332 e. The normalized spacial score (nSPS) is 10.9. The fourth-order valence-electron chi connectivity index (χ4n) is 2.78. The Morgan fingerprint density at radius 1 is 0.867 bits per heavy atom. The molecule has 1 aromatic heterocycles. The highest BCUT2D eigenvalue weighted by Crippen LogP contribution is 2.26. The van der Waals surface area contributed by atoms with Gasteiger partial charge < -0.3 is 10.6 Å². The average Bonchev–Trinajstić information content (AvgIpc) is 2.97. The highest BCUT2D eigenvalue weighted by atomic mass is 32.1. The maximum atomic E-state index is 14.0. The first kappa shape index (κ1) is 21.6. The van der Waals surface area contributed by atoms with Crippen molar-refractivity contribution in [1.82, 2.24) is 9.78 Å². The number of hydrogen-bond acceptors (Lipinski definition) is 2. The molecular weight excluding hydrogens is 430 g/mol. The fraction of sp³-hybridized carbons (Fsp3) is 0.158. The predicted octanol–water partition coefficient (Wildman–Crippen LogP) is 5.19. The van der Waals surface area contributed by atoms with Crippen LogP contribution in [0.5, 0.6) is 0 Å². The molecule has 0 spiro atoms. The summed E-state index contributed by atoms with van der Waals surface area (Å²) in [5.74, 6) is -10.5. The molecule has 0 aliphatic rings. The molecule has 0 unspecified atom stereocenters. The van der Waals surface area contributed by atoms with E-state index < -0.39 is 47.0 Å². The van der Waals surface area contributed by atoms with Crippen LogP contribution in [0.15, 0.2) is 24.3 Å². The second-order valence-corrected chi connectivity index (χ2v) is 6.75. The van der Waals surface area contributed by atoms with Gasteiger partial charge >= 0.3 is 0 Å². The molecule has 0 saturated carbocycles. The van der Waals surface area contributed by atoms with Crippen LogP contribution in [0, 0.1) is 48.8 Å². The van der Waals surface area contributed by atoms with Crippen LogP contribution < -0.4 is 10.6 Å². The van der Waals surface area contributed by atoms with Crippen molar-refractivity contribution in [2.75, 3.05) is 10.6 Å². The minimum absolute atomic E-state index is 0.128. The molecular formula is C19H14F6N4S. The molecule has 0 amide bonds. The van der Waals surface area contributed by atoms with Crippen LogP contribution in [0.2, 0.25) is 0 Å². The molecule has 0 radical (unpaired) electrons. The molecule has 1 heterocycles. The summed E-state index contributed by atoms with van der Waals surface area (Å²) in [4.78, 5) is 0. The van der Waals surface area contributed by atoms with Gasteiger partial charge in [-0.1, -0.05) is 0 Å². The molecule has 11 heteroatoms. The van der Waals surface area contributed by atoms with Crippen LogP contribution >= 0.6 is 12.2 Å². The third-order valence-corrected chi connectivity index (χ3v) is 4.53. The first-order valence-electron chi connectivity index (χ1n) is 8.48. The summed E-state index contributed by atoms with van der Waals surface area (Å²) < 4.78 is 82.1. The lowest BCUT2D eigenvalue weighted by atomic mass is 10.1. The molecule has 3 aromatic rings. The van der Waals surface area contributed by atoms with E-state index in [1.165, 1.54) is 31.2 Å². The summed E-state index contributed by atoms with van der Waals surface area (Å²) in [6.45, 7) is 2.43. The molecule has 158 valence electrons. The fourth-order valence-corrected chi connectivity index (χ4v) is 3.00. The largest absolute Gasteiger partial charge is 0.332 e. The van der Waals surface area contributed by atoms with E-state index in [1.807, 2.05) is 0 Å². The van der Waals surface area contributed by atoms with Crippen molar-refractivity contribution < 1.29 is 26.3 Å². The van der Waals surface area contributed by atoms with Crippen LogP contribution in [-0.4, -0.2) is 14.9 Å². The van der Waals surface area contributed by atoms with Crippen molar-refractivity contribution in [1.29, 1.82) is 0 Å². The summed E-state index contributed by atoms with van der Waals surface area (Å²) in [5.41, 5.74) is 0.617. The van der Waals surface area contributed by atoms with E-state index in [0.29, 0.717) is 22.8 Å². The topological polar surface area (TPSA) is 41.9 Å². The average molecular weight is 444 g/mol. The highest BCUT2D eigenvalue weighted by Gasteiger charge is 2.26. The van der Waals surface area contributed by atoms with E-state index >= 15 is 0 Å². The Morgan fingerprint density at radius 2 is 1.40 bits per heavy atom. The number of thiocarbonyl (C=S) groups is 1. The number of nitrogens with zero attached hydrogens (tertiary/aromatic N) is 2. The van der Waals surface area contributed by atoms with Crippen molar-refractivity contribution in [3.63, 3.8) is 0 Å². The zero-order valence-corrected chi connectivity index (χ0v) is 16.4. The van der Waals surface area contributed by atoms with Gasteiger partial charge in [0.05, 0.1) is 29.2 Å². The quantitative estimate of drug-likeness (QED) is 0.252. The molecule has 2 aromatic carbocycles. The van der Waals surface area contributed by atoms with Gasteiger partial charge in [-0.05, 0) is 50.3 Å². The summed E-state index contributed by atoms with van der Waals surface area (Å²) in [7, 11) is 0. The number of hydrogen-bond donors (Lipinski definition) is 2. The SMILES string of the molecule is Cc1nn(Cc2c(F)c(F)c(F)c(F)c2F)c(C)c1NC(=S)Nc1ccc(F)cc1. The van der Waals surface area contributed by atoms with Gasteiger partial charge in [0.2, 0.25) is 5.82 Å². The van der Waals surface area contributed by atoms with Crippen LogP contribution in [0.25, 0.3) is 0 Å². The van der Waals surface area contributed by atoms with E-state index in [4.69, 9.17) is 12.2 Å². The van der Waals surface area contributed by atoms with Crippen LogP contribution in [-0.2, 0) is 6.54 Å². The first-order chi connectivity index (χ1) is 14.1. The number of nitrogens with one attached hydrogen (secondary N) is 2. The van der Waals surface area contributed by atoms with E-state index in [-0.39, 0.29) is 5.11 Å². The summed E-state index contributed by atoms with van der Waals surface area (Å²) >= 11 is 5.19. The van der Waals surface area contributed by atoms with Crippen molar-refractivity contribution >= 4 is 28.7 Å². The van der Waals surface area contributed by atoms with Crippen LogP contribution in [0.4, 0.5) is 37.7 Å². The monoisotopic (exact) mass is 444 g/mol. The lowest BCUT2D eigenvalue weighted by Gasteiger charge is -2.12. The van der Waals surface area contributed by atoms with Gasteiger partial charge in [-0.3, -0.25) is 4.68 Å². The Balaban J connectivity index is 1.84. The molecule has 4 nitrogen and oxygen atoms in total. The number of anilines is 2. The Bertz CT molecular complexity index is 1100.